The summed E-state index contributed by atoms with van der Waals surface area (Å²) in [7, 11) is 0. The highest BCUT2D eigenvalue weighted by atomic mass is 79.9. The molecule has 1 aromatic rings. The fourth-order valence-corrected chi connectivity index (χ4v) is 2.23. The molecular weight excluding hydrogens is 242 g/mol. The average Bonchev–Trinajstić information content (AvgIpc) is 2.38. The lowest BCUT2D eigenvalue weighted by molar-refractivity contribution is -0.108. The zero-order valence-corrected chi connectivity index (χ0v) is 9.33. The molecule has 1 aliphatic heterocycles. The lowest BCUT2D eigenvalue weighted by atomic mass is 10.1. The van der Waals surface area contributed by atoms with Crippen LogP contribution in [0.3, 0.4) is 0 Å². The molecule has 1 aliphatic rings. The summed E-state index contributed by atoms with van der Waals surface area (Å²) in [4.78, 5) is 11.1. The fourth-order valence-electron chi connectivity index (χ4n) is 1.74. The fraction of sp³-hybridized carbons (Fsp3) is 0.364. The first-order valence-corrected chi connectivity index (χ1v) is 5.66. The number of alkyl halides is 1. The van der Waals surface area contributed by atoms with Crippen LogP contribution in [-0.4, -0.2) is 17.2 Å². The number of nitrogens with one attached hydrogen (secondary N) is 1. The van der Waals surface area contributed by atoms with E-state index in [0.717, 1.165) is 24.8 Å². The van der Waals surface area contributed by atoms with Crippen molar-refractivity contribution < 1.29 is 4.79 Å². The van der Waals surface area contributed by atoms with Crippen molar-refractivity contribution in [1.29, 1.82) is 0 Å². The molecule has 0 bridgehead atoms. The minimum atomic E-state index is -0.112. The van der Waals surface area contributed by atoms with Crippen LogP contribution in [0, 0.1) is 0 Å². The number of aryl methyl sites for hydroxylation is 1. The zero-order valence-electron chi connectivity index (χ0n) is 7.74. The standard InChI is InChI=1S/C11H12BrNO/c12-9-6-5-8-3-1-2-4-10(8)13-11(9)7-14/h1-4,7,9,11,13H,5-6H2. The van der Waals surface area contributed by atoms with Gasteiger partial charge in [0, 0.05) is 10.5 Å². The molecule has 0 saturated carbocycles. The second kappa shape index (κ2) is 4.13. The predicted molar refractivity (Wildman–Crippen MR) is 61.0 cm³/mol. The molecule has 1 heterocycles. The van der Waals surface area contributed by atoms with Crippen LogP contribution in [0.15, 0.2) is 24.3 Å². The van der Waals surface area contributed by atoms with Crippen molar-refractivity contribution in [2.24, 2.45) is 0 Å². The second-order valence-electron chi connectivity index (χ2n) is 3.52. The van der Waals surface area contributed by atoms with Crippen LogP contribution in [-0.2, 0) is 11.2 Å². The van der Waals surface area contributed by atoms with Gasteiger partial charge in [0.05, 0.1) is 6.04 Å². The van der Waals surface area contributed by atoms with E-state index in [9.17, 15) is 4.79 Å². The number of anilines is 1. The Kier molecular flexibility index (Phi) is 2.87. The number of aldehydes is 1. The Morgan fingerprint density at radius 2 is 2.21 bits per heavy atom. The smallest absolute Gasteiger partial charge is 0.143 e. The Morgan fingerprint density at radius 3 is 3.00 bits per heavy atom. The molecule has 0 aromatic heterocycles. The zero-order chi connectivity index (χ0) is 9.97. The lowest BCUT2D eigenvalue weighted by Gasteiger charge is -2.15. The highest BCUT2D eigenvalue weighted by Gasteiger charge is 2.22. The number of para-hydroxylation sites is 1. The number of benzene rings is 1. The summed E-state index contributed by atoms with van der Waals surface area (Å²) in [5.74, 6) is 0. The van der Waals surface area contributed by atoms with Crippen molar-refractivity contribution in [3.63, 3.8) is 0 Å². The largest absolute Gasteiger partial charge is 0.374 e. The van der Waals surface area contributed by atoms with Crippen molar-refractivity contribution in [3.8, 4) is 0 Å². The first kappa shape index (κ1) is 9.71. The molecule has 0 fully saturated rings. The van der Waals surface area contributed by atoms with Crippen LogP contribution in [0.25, 0.3) is 0 Å². The molecule has 2 unspecified atom stereocenters. The third-order valence-electron chi connectivity index (χ3n) is 2.57. The monoisotopic (exact) mass is 253 g/mol. The molecular formula is C11H12BrNO. The number of fused-ring (bicyclic) bond motifs is 1. The van der Waals surface area contributed by atoms with Crippen LogP contribution in [0.5, 0.6) is 0 Å². The molecule has 1 N–H and O–H groups in total. The quantitative estimate of drug-likeness (QED) is 0.615. The molecule has 74 valence electrons. The molecule has 0 saturated heterocycles. The summed E-state index contributed by atoms with van der Waals surface area (Å²) >= 11 is 3.53. The van der Waals surface area contributed by atoms with Gasteiger partial charge in [-0.1, -0.05) is 34.1 Å². The van der Waals surface area contributed by atoms with Gasteiger partial charge in [-0.2, -0.15) is 0 Å². The van der Waals surface area contributed by atoms with Crippen LogP contribution < -0.4 is 5.32 Å². The Balaban J connectivity index is 2.30. The van der Waals surface area contributed by atoms with Gasteiger partial charge in [-0.3, -0.25) is 0 Å². The number of hydrogen-bond donors (Lipinski definition) is 1. The molecule has 14 heavy (non-hydrogen) atoms. The predicted octanol–water partition coefficient (Wildman–Crippen LogP) is 2.38. The van der Waals surface area contributed by atoms with E-state index < -0.39 is 0 Å². The van der Waals surface area contributed by atoms with Crippen LogP contribution >= 0.6 is 15.9 Å². The van der Waals surface area contributed by atoms with Crippen molar-refractivity contribution in [2.75, 3.05) is 5.32 Å². The maximum absolute atomic E-state index is 10.8. The van der Waals surface area contributed by atoms with E-state index in [1.54, 1.807) is 0 Å². The normalized spacial score (nSPS) is 25.8. The van der Waals surface area contributed by atoms with E-state index in [1.165, 1.54) is 5.56 Å². The minimum absolute atomic E-state index is 0.112. The minimum Gasteiger partial charge on any atom is -0.374 e. The summed E-state index contributed by atoms with van der Waals surface area (Å²) in [5.41, 5.74) is 2.38. The Hall–Kier alpha value is -0.830. The molecule has 1 aromatic carbocycles. The summed E-state index contributed by atoms with van der Waals surface area (Å²) in [6.45, 7) is 0. The van der Waals surface area contributed by atoms with Crippen LogP contribution in [0.2, 0.25) is 0 Å². The Bertz CT molecular complexity index is 340. The van der Waals surface area contributed by atoms with Gasteiger partial charge in [0.25, 0.3) is 0 Å². The van der Waals surface area contributed by atoms with E-state index in [4.69, 9.17) is 0 Å². The Morgan fingerprint density at radius 1 is 1.43 bits per heavy atom. The van der Waals surface area contributed by atoms with E-state index in [-0.39, 0.29) is 10.9 Å². The van der Waals surface area contributed by atoms with E-state index in [0.29, 0.717) is 0 Å². The average molecular weight is 254 g/mol. The summed E-state index contributed by atoms with van der Waals surface area (Å²) < 4.78 is 0. The lowest BCUT2D eigenvalue weighted by Crippen LogP contribution is -2.29. The topological polar surface area (TPSA) is 29.1 Å². The van der Waals surface area contributed by atoms with E-state index in [2.05, 4.69) is 27.3 Å². The SMILES string of the molecule is O=CC1Nc2ccccc2CCC1Br. The molecule has 0 radical (unpaired) electrons. The number of hydrogen-bond acceptors (Lipinski definition) is 2. The van der Waals surface area contributed by atoms with Crippen LogP contribution in [0.4, 0.5) is 5.69 Å². The molecule has 3 heteroatoms. The van der Waals surface area contributed by atoms with Gasteiger partial charge in [-0.25, -0.2) is 0 Å². The Labute approximate surface area is 91.8 Å². The molecule has 0 aliphatic carbocycles. The second-order valence-corrected chi connectivity index (χ2v) is 4.69. The van der Waals surface area contributed by atoms with Crippen molar-refractivity contribution in [3.05, 3.63) is 29.8 Å². The number of carbonyl (C=O) groups excluding carboxylic acids is 1. The molecule has 2 atom stereocenters. The third-order valence-corrected chi connectivity index (χ3v) is 3.59. The third kappa shape index (κ3) is 1.82. The van der Waals surface area contributed by atoms with Gasteiger partial charge in [0.15, 0.2) is 0 Å². The summed E-state index contributed by atoms with van der Waals surface area (Å²) in [6, 6.07) is 8.04. The highest BCUT2D eigenvalue weighted by Crippen LogP contribution is 2.26. The molecule has 0 amide bonds. The highest BCUT2D eigenvalue weighted by molar-refractivity contribution is 9.09. The maximum Gasteiger partial charge on any atom is 0.143 e. The van der Waals surface area contributed by atoms with E-state index in [1.807, 2.05) is 18.2 Å². The van der Waals surface area contributed by atoms with Crippen LogP contribution in [0.1, 0.15) is 12.0 Å². The number of halogens is 1. The number of rotatable bonds is 1. The van der Waals surface area contributed by atoms with Crippen molar-refractivity contribution >= 4 is 27.9 Å². The maximum atomic E-state index is 10.8. The number of carbonyl (C=O) groups is 1. The van der Waals surface area contributed by atoms with Gasteiger partial charge in [-0.05, 0) is 24.5 Å². The molecule has 2 rings (SSSR count). The summed E-state index contributed by atoms with van der Waals surface area (Å²) in [6.07, 6.45) is 2.98. The van der Waals surface area contributed by atoms with Gasteiger partial charge in [-0.15, -0.1) is 0 Å². The summed E-state index contributed by atoms with van der Waals surface area (Å²) in [5, 5.41) is 3.24. The van der Waals surface area contributed by atoms with Gasteiger partial charge >= 0.3 is 0 Å². The van der Waals surface area contributed by atoms with Gasteiger partial charge < -0.3 is 10.1 Å². The first-order chi connectivity index (χ1) is 6.81. The van der Waals surface area contributed by atoms with Gasteiger partial charge in [0.1, 0.15) is 6.29 Å². The van der Waals surface area contributed by atoms with Crippen molar-refractivity contribution in [1.82, 2.24) is 0 Å². The van der Waals surface area contributed by atoms with E-state index >= 15 is 0 Å². The van der Waals surface area contributed by atoms with Gasteiger partial charge in [0.2, 0.25) is 0 Å². The molecule has 0 spiro atoms. The molecule has 2 nitrogen and oxygen atoms in total. The first-order valence-electron chi connectivity index (χ1n) is 4.75. The van der Waals surface area contributed by atoms with Crippen molar-refractivity contribution in [2.45, 2.75) is 23.7 Å².